The maximum Gasteiger partial charge on any atom is 0.320 e. The fourth-order valence-electron chi connectivity index (χ4n) is 4.48. The molecule has 0 aromatic heterocycles. The number of para-hydroxylation sites is 1. The van der Waals surface area contributed by atoms with Gasteiger partial charge in [0, 0.05) is 36.2 Å². The molecule has 0 saturated carbocycles. The van der Waals surface area contributed by atoms with Gasteiger partial charge in [0.2, 0.25) is 11.6 Å². The van der Waals surface area contributed by atoms with Gasteiger partial charge >= 0.3 is 11.9 Å². The fourth-order valence-corrected chi connectivity index (χ4v) is 4.48. The first-order chi connectivity index (χ1) is 17.6. The van der Waals surface area contributed by atoms with Gasteiger partial charge in [-0.2, -0.15) is 4.58 Å². The molecule has 1 unspecified atom stereocenters. The van der Waals surface area contributed by atoms with Crippen LogP contribution in [0, 0.1) is 0 Å². The van der Waals surface area contributed by atoms with Gasteiger partial charge in [0.1, 0.15) is 12.6 Å². The van der Waals surface area contributed by atoms with Crippen molar-refractivity contribution in [3.63, 3.8) is 0 Å². The maximum atomic E-state index is 12.1. The topological polar surface area (TPSA) is 122 Å². The molecular weight excluding hydrogens is 470 g/mol. The summed E-state index contributed by atoms with van der Waals surface area (Å²) in [5, 5.41) is 11.6. The average molecular weight is 507 g/mol. The first kappa shape index (κ1) is 27.8. The summed E-state index contributed by atoms with van der Waals surface area (Å²) in [4.78, 5) is 34.8. The third-order valence-corrected chi connectivity index (χ3v) is 6.49. The van der Waals surface area contributed by atoms with Gasteiger partial charge in [0.15, 0.2) is 5.71 Å². The molecule has 0 radical (unpaired) electrons. The van der Waals surface area contributed by atoms with E-state index < -0.39 is 12.0 Å². The summed E-state index contributed by atoms with van der Waals surface area (Å²) in [5.74, 6) is -1.57. The number of carboxylic acid groups (broad SMARTS) is 1. The number of anilines is 1. The number of rotatable bonds is 12. The predicted octanol–water partition coefficient (Wildman–Crippen LogP) is 4.25. The van der Waals surface area contributed by atoms with Gasteiger partial charge in [0.25, 0.3) is 0 Å². The lowest BCUT2D eigenvalue weighted by molar-refractivity contribution is -0.438. The SMILES string of the molecule is CCOC(=O)CCC[N+]1=C(C=Cc2ccc(NC(=O)CCC(N)C(=O)O)cc2)C(C)(C)c2ccccc21. The van der Waals surface area contributed by atoms with Crippen LogP contribution in [0.2, 0.25) is 0 Å². The molecule has 2 aromatic carbocycles. The zero-order valence-corrected chi connectivity index (χ0v) is 21.7. The van der Waals surface area contributed by atoms with Crippen molar-refractivity contribution in [2.45, 2.75) is 57.9 Å². The number of allylic oxidation sites excluding steroid dienone is 1. The molecule has 8 nitrogen and oxygen atoms in total. The number of aliphatic carboxylic acids is 1. The van der Waals surface area contributed by atoms with Crippen LogP contribution in [0.1, 0.15) is 57.6 Å². The summed E-state index contributed by atoms with van der Waals surface area (Å²) in [6.07, 6.45) is 5.33. The van der Waals surface area contributed by atoms with E-state index in [1.165, 1.54) is 5.56 Å². The van der Waals surface area contributed by atoms with Crippen LogP contribution in [0.15, 0.2) is 54.6 Å². The van der Waals surface area contributed by atoms with Crippen LogP contribution in [-0.2, 0) is 24.5 Å². The standard InChI is InChI=1S/C29H35N3O5/c1-4-37-27(34)10-7-19-32-24-9-6-5-8-22(24)29(2,3)25(32)17-13-20-11-14-21(15-12-20)31-26(33)18-16-23(30)28(35)36/h5-6,8-9,11-15,17,23H,4,7,10,16,18-19,30H2,1-3H3,(H,35,36)/p+1. The highest BCUT2D eigenvalue weighted by molar-refractivity contribution is 6.05. The quantitative estimate of drug-likeness (QED) is 0.292. The molecule has 1 aliphatic heterocycles. The first-order valence-corrected chi connectivity index (χ1v) is 12.6. The molecule has 0 spiro atoms. The Morgan fingerprint density at radius 2 is 1.78 bits per heavy atom. The van der Waals surface area contributed by atoms with Crippen LogP contribution in [0.3, 0.4) is 0 Å². The highest BCUT2D eigenvalue weighted by Crippen LogP contribution is 2.40. The van der Waals surface area contributed by atoms with Crippen molar-refractivity contribution < 1.29 is 28.8 Å². The van der Waals surface area contributed by atoms with Crippen molar-refractivity contribution in [2.24, 2.45) is 5.73 Å². The Hall–Kier alpha value is -3.78. The summed E-state index contributed by atoms with van der Waals surface area (Å²) < 4.78 is 7.36. The molecule has 1 heterocycles. The number of ether oxygens (including phenoxy) is 1. The normalized spacial score (nSPS) is 14.9. The molecule has 0 fully saturated rings. The molecule has 8 heteroatoms. The molecule has 0 saturated heterocycles. The van der Waals surface area contributed by atoms with Gasteiger partial charge in [-0.25, -0.2) is 0 Å². The zero-order valence-electron chi connectivity index (χ0n) is 21.7. The molecular formula is C29H36N3O5+. The van der Waals surface area contributed by atoms with Crippen molar-refractivity contribution in [3.05, 3.63) is 65.7 Å². The van der Waals surface area contributed by atoms with E-state index in [0.717, 1.165) is 17.0 Å². The lowest BCUT2D eigenvalue weighted by Gasteiger charge is -2.15. The lowest BCUT2D eigenvalue weighted by Crippen LogP contribution is -2.31. The number of carbonyl (C=O) groups is 3. The number of hydrogen-bond acceptors (Lipinski definition) is 5. The Morgan fingerprint density at radius 3 is 2.46 bits per heavy atom. The summed E-state index contributed by atoms with van der Waals surface area (Å²) in [6.45, 7) is 7.30. The van der Waals surface area contributed by atoms with Crippen LogP contribution in [0.4, 0.5) is 11.4 Å². The van der Waals surface area contributed by atoms with Gasteiger partial charge < -0.3 is 20.9 Å². The molecule has 1 aliphatic rings. The number of nitrogens with zero attached hydrogens (tertiary/aromatic N) is 1. The van der Waals surface area contributed by atoms with Crippen molar-refractivity contribution in [3.8, 4) is 0 Å². The van der Waals surface area contributed by atoms with E-state index in [1.807, 2.05) is 49.4 Å². The zero-order chi connectivity index (χ0) is 27.0. The third-order valence-electron chi connectivity index (χ3n) is 6.49. The smallest absolute Gasteiger partial charge is 0.320 e. The lowest BCUT2D eigenvalue weighted by atomic mass is 9.81. The number of carbonyl (C=O) groups excluding carboxylic acids is 2. The predicted molar refractivity (Wildman–Crippen MR) is 144 cm³/mol. The number of benzene rings is 2. The van der Waals surface area contributed by atoms with Crippen LogP contribution in [-0.4, -0.2) is 52.4 Å². The molecule has 37 heavy (non-hydrogen) atoms. The second kappa shape index (κ2) is 12.5. The van der Waals surface area contributed by atoms with Crippen molar-refractivity contribution in [1.82, 2.24) is 0 Å². The number of nitrogens with one attached hydrogen (secondary N) is 1. The Bertz CT molecular complexity index is 1200. The summed E-state index contributed by atoms with van der Waals surface area (Å²) in [5.41, 5.74) is 10.4. The average Bonchev–Trinajstić information content (AvgIpc) is 3.08. The van der Waals surface area contributed by atoms with Crippen LogP contribution < -0.4 is 11.1 Å². The van der Waals surface area contributed by atoms with Crippen LogP contribution >= 0.6 is 0 Å². The number of carboxylic acids is 1. The minimum absolute atomic E-state index is 0.0368. The van der Waals surface area contributed by atoms with E-state index in [-0.39, 0.29) is 30.1 Å². The number of fused-ring (bicyclic) bond motifs is 1. The van der Waals surface area contributed by atoms with E-state index >= 15 is 0 Å². The number of nitrogens with two attached hydrogens (primary N) is 1. The Kier molecular flexibility index (Phi) is 9.36. The highest BCUT2D eigenvalue weighted by atomic mass is 16.5. The highest BCUT2D eigenvalue weighted by Gasteiger charge is 2.43. The Morgan fingerprint density at radius 1 is 1.08 bits per heavy atom. The van der Waals surface area contributed by atoms with E-state index in [1.54, 1.807) is 0 Å². The summed E-state index contributed by atoms with van der Waals surface area (Å²) in [6, 6.07) is 14.7. The van der Waals surface area contributed by atoms with Gasteiger partial charge in [0.05, 0.1) is 18.4 Å². The van der Waals surface area contributed by atoms with Crippen molar-refractivity contribution >= 4 is 41.0 Å². The van der Waals surface area contributed by atoms with E-state index in [0.29, 0.717) is 31.7 Å². The minimum atomic E-state index is -1.12. The first-order valence-electron chi connectivity index (χ1n) is 12.6. The van der Waals surface area contributed by atoms with Gasteiger partial charge in [-0.05, 0) is 51.0 Å². The molecule has 2 aromatic rings. The molecule has 0 aliphatic carbocycles. The summed E-state index contributed by atoms with van der Waals surface area (Å²) in [7, 11) is 0. The van der Waals surface area contributed by atoms with E-state index in [2.05, 4.69) is 41.9 Å². The second-order valence-electron chi connectivity index (χ2n) is 9.57. The molecule has 0 bridgehead atoms. The van der Waals surface area contributed by atoms with Crippen LogP contribution in [0.25, 0.3) is 6.08 Å². The molecule has 3 rings (SSSR count). The molecule has 1 amide bonds. The number of hydrogen-bond donors (Lipinski definition) is 3. The van der Waals surface area contributed by atoms with Gasteiger partial charge in [-0.1, -0.05) is 30.3 Å². The van der Waals surface area contributed by atoms with E-state index in [4.69, 9.17) is 15.6 Å². The third kappa shape index (κ3) is 7.13. The summed E-state index contributed by atoms with van der Waals surface area (Å²) >= 11 is 0. The number of esters is 1. The Labute approximate surface area is 217 Å². The largest absolute Gasteiger partial charge is 0.480 e. The molecule has 1 atom stereocenters. The number of amides is 1. The fraction of sp³-hybridized carbons (Fsp3) is 0.379. The maximum absolute atomic E-state index is 12.1. The monoisotopic (exact) mass is 506 g/mol. The molecule has 196 valence electrons. The second-order valence-corrected chi connectivity index (χ2v) is 9.57. The van der Waals surface area contributed by atoms with Gasteiger partial charge in [-0.15, -0.1) is 0 Å². The van der Waals surface area contributed by atoms with Gasteiger partial charge in [-0.3, -0.25) is 14.4 Å². The van der Waals surface area contributed by atoms with Crippen LogP contribution in [0.5, 0.6) is 0 Å². The Balaban J connectivity index is 1.73. The minimum Gasteiger partial charge on any atom is -0.480 e. The van der Waals surface area contributed by atoms with Crippen molar-refractivity contribution in [1.29, 1.82) is 0 Å². The van der Waals surface area contributed by atoms with Crippen molar-refractivity contribution in [2.75, 3.05) is 18.5 Å². The van der Waals surface area contributed by atoms with E-state index in [9.17, 15) is 14.4 Å². The molecule has 4 N–H and O–H groups in total.